The van der Waals surface area contributed by atoms with Crippen molar-refractivity contribution < 1.29 is 14.7 Å². The van der Waals surface area contributed by atoms with E-state index >= 15 is 0 Å². The Morgan fingerprint density at radius 2 is 2.21 bits per heavy atom. The predicted octanol–water partition coefficient (Wildman–Crippen LogP) is -0.303. The molecule has 7 heteroatoms. The van der Waals surface area contributed by atoms with Crippen molar-refractivity contribution in [3.63, 3.8) is 0 Å². The van der Waals surface area contributed by atoms with Crippen LogP contribution in [0.2, 0.25) is 0 Å². The molecule has 0 saturated carbocycles. The molecule has 7 nitrogen and oxygen atoms in total. The zero-order chi connectivity index (χ0) is 13.7. The minimum absolute atomic E-state index is 0.0182. The molecule has 0 spiro atoms. The molecule has 1 fully saturated rings. The molecular weight excluding hydrogens is 248 g/mol. The lowest BCUT2D eigenvalue weighted by atomic mass is 9.97. The monoisotopic (exact) mass is 266 g/mol. The van der Waals surface area contributed by atoms with E-state index in [4.69, 9.17) is 5.11 Å². The fraction of sp³-hybridized carbons (Fsp3) is 0.583. The summed E-state index contributed by atoms with van der Waals surface area (Å²) in [6, 6.07) is 0. The highest BCUT2D eigenvalue weighted by atomic mass is 16.4. The molecule has 1 aromatic rings. The van der Waals surface area contributed by atoms with Gasteiger partial charge in [0.25, 0.3) is 0 Å². The van der Waals surface area contributed by atoms with Crippen molar-refractivity contribution in [2.45, 2.75) is 19.4 Å². The number of piperidine rings is 1. The average molecular weight is 266 g/mol. The van der Waals surface area contributed by atoms with Gasteiger partial charge in [-0.3, -0.25) is 4.79 Å². The van der Waals surface area contributed by atoms with Crippen LogP contribution in [0.25, 0.3) is 0 Å². The number of carboxylic acids is 1. The average Bonchev–Trinajstić information content (AvgIpc) is 2.89. The van der Waals surface area contributed by atoms with E-state index in [0.717, 1.165) is 25.9 Å². The van der Waals surface area contributed by atoms with Crippen LogP contribution in [-0.2, 0) is 11.3 Å². The quantitative estimate of drug-likeness (QED) is 0.680. The fourth-order valence-corrected chi connectivity index (χ4v) is 2.13. The number of amides is 1. The summed E-state index contributed by atoms with van der Waals surface area (Å²) in [5.74, 6) is -0.865. The Labute approximate surface area is 111 Å². The van der Waals surface area contributed by atoms with Crippen molar-refractivity contribution in [3.8, 4) is 0 Å². The zero-order valence-electron chi connectivity index (χ0n) is 10.6. The highest BCUT2D eigenvalue weighted by Crippen LogP contribution is 2.11. The summed E-state index contributed by atoms with van der Waals surface area (Å²) in [7, 11) is 0. The summed E-state index contributed by atoms with van der Waals surface area (Å²) in [4.78, 5) is 26.2. The summed E-state index contributed by atoms with van der Waals surface area (Å²) >= 11 is 0. The van der Waals surface area contributed by atoms with Gasteiger partial charge in [-0.05, 0) is 25.9 Å². The molecule has 104 valence electrons. The first-order valence-corrected chi connectivity index (χ1v) is 6.40. The number of rotatable bonds is 5. The van der Waals surface area contributed by atoms with Gasteiger partial charge in [-0.15, -0.1) is 0 Å². The number of aromatic nitrogens is 2. The Balaban J connectivity index is 1.73. The topological polar surface area (TPSA) is 96.2 Å². The minimum atomic E-state index is -1.04. The van der Waals surface area contributed by atoms with Crippen LogP contribution in [0.5, 0.6) is 0 Å². The molecule has 0 aromatic carbocycles. The second-order valence-electron chi connectivity index (χ2n) is 4.62. The van der Waals surface area contributed by atoms with Gasteiger partial charge in [-0.25, -0.2) is 9.78 Å². The lowest BCUT2D eigenvalue weighted by Crippen LogP contribution is -2.39. The molecule has 19 heavy (non-hydrogen) atoms. The van der Waals surface area contributed by atoms with Crippen LogP contribution in [0.1, 0.15) is 23.3 Å². The first kappa shape index (κ1) is 13.5. The summed E-state index contributed by atoms with van der Waals surface area (Å²) < 4.78 is 1.66. The van der Waals surface area contributed by atoms with Gasteiger partial charge in [-0.1, -0.05) is 0 Å². The number of nitrogens with one attached hydrogen (secondary N) is 2. The van der Waals surface area contributed by atoms with Crippen LogP contribution in [0.3, 0.4) is 0 Å². The van der Waals surface area contributed by atoms with Crippen LogP contribution >= 0.6 is 0 Å². The number of imidazole rings is 1. The highest BCUT2D eigenvalue weighted by molar-refractivity contribution is 5.84. The van der Waals surface area contributed by atoms with E-state index in [-0.39, 0.29) is 17.5 Å². The summed E-state index contributed by atoms with van der Waals surface area (Å²) in [5, 5.41) is 14.8. The minimum Gasteiger partial charge on any atom is -0.476 e. The Kier molecular flexibility index (Phi) is 4.51. The second-order valence-corrected chi connectivity index (χ2v) is 4.62. The van der Waals surface area contributed by atoms with Crippen molar-refractivity contribution in [1.82, 2.24) is 20.2 Å². The molecule has 0 aliphatic carbocycles. The normalized spacial score (nSPS) is 16.2. The van der Waals surface area contributed by atoms with Gasteiger partial charge >= 0.3 is 5.97 Å². The number of hydrogen-bond acceptors (Lipinski definition) is 4. The molecule has 1 aliphatic heterocycles. The molecular formula is C12H18N4O3. The molecule has 0 atom stereocenters. The second kappa shape index (κ2) is 6.33. The van der Waals surface area contributed by atoms with Gasteiger partial charge in [0, 0.05) is 25.2 Å². The SMILES string of the molecule is O=C(O)c1cn(CCNC(=O)C2CCNCC2)cn1. The van der Waals surface area contributed by atoms with E-state index in [1.165, 1.54) is 12.5 Å². The van der Waals surface area contributed by atoms with Crippen molar-refractivity contribution in [1.29, 1.82) is 0 Å². The maximum absolute atomic E-state index is 11.8. The Morgan fingerprint density at radius 3 is 2.84 bits per heavy atom. The first-order chi connectivity index (χ1) is 9.16. The van der Waals surface area contributed by atoms with Crippen molar-refractivity contribution >= 4 is 11.9 Å². The summed E-state index contributed by atoms with van der Waals surface area (Å²) in [5.41, 5.74) is 0.0182. The molecule has 1 saturated heterocycles. The molecule has 2 rings (SSSR count). The van der Waals surface area contributed by atoms with Crippen LogP contribution < -0.4 is 10.6 Å². The van der Waals surface area contributed by atoms with E-state index in [0.29, 0.717) is 13.1 Å². The summed E-state index contributed by atoms with van der Waals surface area (Å²) in [6.45, 7) is 2.79. The fourth-order valence-electron chi connectivity index (χ4n) is 2.13. The highest BCUT2D eigenvalue weighted by Gasteiger charge is 2.20. The van der Waals surface area contributed by atoms with Crippen LogP contribution in [0.15, 0.2) is 12.5 Å². The Morgan fingerprint density at radius 1 is 1.47 bits per heavy atom. The predicted molar refractivity (Wildman–Crippen MR) is 67.8 cm³/mol. The van der Waals surface area contributed by atoms with Gasteiger partial charge in [0.1, 0.15) is 0 Å². The smallest absolute Gasteiger partial charge is 0.356 e. The molecule has 0 radical (unpaired) electrons. The summed E-state index contributed by atoms with van der Waals surface area (Å²) in [6.07, 6.45) is 4.67. The van der Waals surface area contributed by atoms with Gasteiger partial charge in [0.15, 0.2) is 5.69 Å². The van der Waals surface area contributed by atoms with Gasteiger partial charge in [-0.2, -0.15) is 0 Å². The Hall–Kier alpha value is -1.89. The standard InChI is InChI=1S/C12H18N4O3/c17-11(9-1-3-13-4-2-9)14-5-6-16-7-10(12(18)19)15-8-16/h7-9,13H,1-6H2,(H,14,17)(H,18,19). The van der Waals surface area contributed by atoms with E-state index in [2.05, 4.69) is 15.6 Å². The Bertz CT molecular complexity index is 452. The number of carbonyl (C=O) groups excluding carboxylic acids is 1. The van der Waals surface area contributed by atoms with Crippen molar-refractivity contribution in [2.24, 2.45) is 5.92 Å². The van der Waals surface area contributed by atoms with Crippen LogP contribution in [-0.4, -0.2) is 46.2 Å². The lowest BCUT2D eigenvalue weighted by molar-refractivity contribution is -0.125. The number of carbonyl (C=O) groups is 2. The molecule has 3 N–H and O–H groups in total. The van der Waals surface area contributed by atoms with E-state index in [1.807, 2.05) is 0 Å². The third-order valence-corrected chi connectivity index (χ3v) is 3.23. The number of nitrogens with zero attached hydrogens (tertiary/aromatic N) is 2. The molecule has 1 aromatic heterocycles. The molecule has 2 heterocycles. The lowest BCUT2D eigenvalue weighted by Gasteiger charge is -2.21. The van der Waals surface area contributed by atoms with Crippen molar-refractivity contribution in [2.75, 3.05) is 19.6 Å². The van der Waals surface area contributed by atoms with Gasteiger partial charge in [0.2, 0.25) is 5.91 Å². The van der Waals surface area contributed by atoms with E-state index in [1.54, 1.807) is 4.57 Å². The number of hydrogen-bond donors (Lipinski definition) is 3. The molecule has 0 bridgehead atoms. The first-order valence-electron chi connectivity index (χ1n) is 6.40. The maximum atomic E-state index is 11.8. The van der Waals surface area contributed by atoms with Crippen molar-refractivity contribution in [3.05, 3.63) is 18.2 Å². The molecule has 1 aliphatic rings. The zero-order valence-corrected chi connectivity index (χ0v) is 10.6. The van der Waals surface area contributed by atoms with Crippen LogP contribution in [0.4, 0.5) is 0 Å². The van der Waals surface area contributed by atoms with E-state index < -0.39 is 5.97 Å². The maximum Gasteiger partial charge on any atom is 0.356 e. The molecule has 0 unspecified atom stereocenters. The number of carboxylic acid groups (broad SMARTS) is 1. The van der Waals surface area contributed by atoms with Gasteiger partial charge < -0.3 is 20.3 Å². The largest absolute Gasteiger partial charge is 0.476 e. The van der Waals surface area contributed by atoms with E-state index in [9.17, 15) is 9.59 Å². The van der Waals surface area contributed by atoms with Gasteiger partial charge in [0.05, 0.1) is 6.33 Å². The third kappa shape index (κ3) is 3.78. The molecule has 1 amide bonds. The third-order valence-electron chi connectivity index (χ3n) is 3.23. The van der Waals surface area contributed by atoms with Crippen LogP contribution in [0, 0.1) is 5.92 Å². The number of aromatic carboxylic acids is 1.